The van der Waals surface area contributed by atoms with Gasteiger partial charge >= 0.3 is 0 Å². The average molecular weight is 291 g/mol. The van der Waals surface area contributed by atoms with E-state index in [4.69, 9.17) is 10.5 Å². The molecule has 0 heterocycles. The quantitative estimate of drug-likeness (QED) is 0.720. The molecule has 0 fully saturated rings. The maximum absolute atomic E-state index is 10.9. The molecule has 4 nitrogen and oxygen atoms in total. The number of carbonyl (C=O) groups is 2. The van der Waals surface area contributed by atoms with Crippen molar-refractivity contribution in [3.05, 3.63) is 29.8 Å². The van der Waals surface area contributed by atoms with Crippen LogP contribution in [0.4, 0.5) is 0 Å². The number of aryl methyl sites for hydroxylation is 1. The summed E-state index contributed by atoms with van der Waals surface area (Å²) in [5.74, 6) is 1.08. The van der Waals surface area contributed by atoms with Crippen molar-refractivity contribution in [2.24, 2.45) is 11.7 Å². The van der Waals surface area contributed by atoms with Crippen LogP contribution in [-0.4, -0.2) is 18.3 Å². The lowest BCUT2D eigenvalue weighted by Crippen LogP contribution is -2.15. The molecule has 4 heteroatoms. The molecule has 0 radical (unpaired) electrons. The van der Waals surface area contributed by atoms with Crippen molar-refractivity contribution >= 4 is 11.7 Å². The molecule has 0 bridgehead atoms. The number of carbonyl (C=O) groups excluding carboxylic acids is 2. The van der Waals surface area contributed by atoms with Crippen LogP contribution in [0, 0.1) is 5.92 Å². The highest BCUT2D eigenvalue weighted by Crippen LogP contribution is 2.17. The van der Waals surface area contributed by atoms with Crippen molar-refractivity contribution in [2.45, 2.75) is 46.0 Å². The molecule has 1 aromatic rings. The van der Waals surface area contributed by atoms with Crippen LogP contribution in [0.1, 0.15) is 45.1 Å². The van der Waals surface area contributed by atoms with Crippen LogP contribution >= 0.6 is 0 Å². The van der Waals surface area contributed by atoms with E-state index in [0.29, 0.717) is 25.4 Å². The van der Waals surface area contributed by atoms with Gasteiger partial charge in [-0.25, -0.2) is 0 Å². The van der Waals surface area contributed by atoms with Crippen molar-refractivity contribution in [3.63, 3.8) is 0 Å². The van der Waals surface area contributed by atoms with Gasteiger partial charge in [0.2, 0.25) is 5.91 Å². The van der Waals surface area contributed by atoms with Gasteiger partial charge in [-0.3, -0.25) is 4.79 Å². The van der Waals surface area contributed by atoms with Gasteiger partial charge in [0.25, 0.3) is 0 Å². The SMILES string of the molecule is CC(=O)CCCc1cccc(OC[C@@H](C)CCC(N)=O)c1. The van der Waals surface area contributed by atoms with Crippen LogP contribution in [0.3, 0.4) is 0 Å². The minimum Gasteiger partial charge on any atom is -0.493 e. The van der Waals surface area contributed by atoms with Crippen molar-refractivity contribution in [2.75, 3.05) is 6.61 Å². The summed E-state index contributed by atoms with van der Waals surface area (Å²) in [6, 6.07) is 7.95. The number of primary amides is 1. The van der Waals surface area contributed by atoms with Crippen molar-refractivity contribution < 1.29 is 14.3 Å². The summed E-state index contributed by atoms with van der Waals surface area (Å²) < 4.78 is 5.75. The third-order valence-corrected chi connectivity index (χ3v) is 3.31. The number of nitrogens with two attached hydrogens (primary N) is 1. The first-order valence-electron chi connectivity index (χ1n) is 7.47. The number of benzene rings is 1. The predicted octanol–water partition coefficient (Wildman–Crippen LogP) is 2.88. The summed E-state index contributed by atoms with van der Waals surface area (Å²) in [5.41, 5.74) is 6.31. The first-order valence-corrected chi connectivity index (χ1v) is 7.47. The maximum Gasteiger partial charge on any atom is 0.217 e. The zero-order valence-electron chi connectivity index (χ0n) is 12.9. The van der Waals surface area contributed by atoms with E-state index in [-0.39, 0.29) is 11.7 Å². The fraction of sp³-hybridized carbons (Fsp3) is 0.529. The Kier molecular flexibility index (Phi) is 7.51. The van der Waals surface area contributed by atoms with Gasteiger partial charge in [0, 0.05) is 12.8 Å². The third-order valence-electron chi connectivity index (χ3n) is 3.31. The van der Waals surface area contributed by atoms with Gasteiger partial charge in [0.1, 0.15) is 11.5 Å². The van der Waals surface area contributed by atoms with Gasteiger partial charge in [-0.2, -0.15) is 0 Å². The normalized spacial score (nSPS) is 11.9. The molecule has 116 valence electrons. The van der Waals surface area contributed by atoms with Crippen molar-refractivity contribution in [1.29, 1.82) is 0 Å². The molecular formula is C17H25NO3. The minimum atomic E-state index is -0.269. The number of ketones is 1. The smallest absolute Gasteiger partial charge is 0.217 e. The lowest BCUT2D eigenvalue weighted by Gasteiger charge is -2.13. The van der Waals surface area contributed by atoms with E-state index in [1.165, 1.54) is 5.56 Å². The van der Waals surface area contributed by atoms with Crippen molar-refractivity contribution in [3.8, 4) is 5.75 Å². The van der Waals surface area contributed by atoms with Gasteiger partial charge in [-0.1, -0.05) is 19.1 Å². The summed E-state index contributed by atoms with van der Waals surface area (Å²) in [5, 5.41) is 0. The summed E-state index contributed by atoms with van der Waals surface area (Å²) in [7, 11) is 0. The summed E-state index contributed by atoms with van der Waals surface area (Å²) in [6.45, 7) is 4.23. The highest BCUT2D eigenvalue weighted by Gasteiger charge is 2.06. The second-order valence-electron chi connectivity index (χ2n) is 5.62. The molecule has 0 saturated heterocycles. The second-order valence-corrected chi connectivity index (χ2v) is 5.62. The van der Waals surface area contributed by atoms with Gasteiger partial charge in [-0.15, -0.1) is 0 Å². The summed E-state index contributed by atoms with van der Waals surface area (Å²) >= 11 is 0. The molecular weight excluding hydrogens is 266 g/mol. The molecule has 0 saturated carbocycles. The molecule has 1 rings (SSSR count). The molecule has 2 N–H and O–H groups in total. The summed E-state index contributed by atoms with van der Waals surface area (Å²) in [6.07, 6.45) is 3.51. The van der Waals surface area contributed by atoms with E-state index in [0.717, 1.165) is 25.0 Å². The third kappa shape index (κ3) is 8.12. The predicted molar refractivity (Wildman–Crippen MR) is 83.1 cm³/mol. The molecule has 1 atom stereocenters. The monoisotopic (exact) mass is 291 g/mol. The van der Waals surface area contributed by atoms with E-state index in [2.05, 4.69) is 0 Å². The largest absolute Gasteiger partial charge is 0.493 e. The Hall–Kier alpha value is -1.84. The molecule has 0 aromatic heterocycles. The van der Waals surface area contributed by atoms with E-state index in [1.807, 2.05) is 31.2 Å². The fourth-order valence-corrected chi connectivity index (χ4v) is 2.04. The Morgan fingerprint density at radius 1 is 1.29 bits per heavy atom. The molecule has 0 aliphatic rings. The van der Waals surface area contributed by atoms with Gasteiger partial charge in [0.15, 0.2) is 0 Å². The lowest BCUT2D eigenvalue weighted by molar-refractivity contribution is -0.118. The molecule has 0 spiro atoms. The van der Waals surface area contributed by atoms with Crippen molar-refractivity contribution in [1.82, 2.24) is 0 Å². The zero-order valence-corrected chi connectivity index (χ0v) is 12.9. The van der Waals surface area contributed by atoms with Crippen LogP contribution in [0.15, 0.2) is 24.3 Å². The highest BCUT2D eigenvalue weighted by molar-refractivity contribution is 5.75. The van der Waals surface area contributed by atoms with Crippen LogP contribution in [0.25, 0.3) is 0 Å². The van der Waals surface area contributed by atoms with Gasteiger partial charge in [-0.05, 0) is 49.8 Å². The highest BCUT2D eigenvalue weighted by atomic mass is 16.5. The number of ether oxygens (including phenoxy) is 1. The molecule has 1 amide bonds. The molecule has 21 heavy (non-hydrogen) atoms. The van der Waals surface area contributed by atoms with E-state index >= 15 is 0 Å². The Morgan fingerprint density at radius 2 is 2.05 bits per heavy atom. The van der Waals surface area contributed by atoms with Crippen LogP contribution in [0.2, 0.25) is 0 Å². The van der Waals surface area contributed by atoms with Gasteiger partial charge in [0.05, 0.1) is 6.61 Å². The van der Waals surface area contributed by atoms with E-state index in [1.54, 1.807) is 6.92 Å². The first-order chi connectivity index (χ1) is 9.97. The molecule has 0 aliphatic heterocycles. The average Bonchev–Trinajstić information content (AvgIpc) is 2.43. The Bertz CT molecular complexity index is 471. The number of Topliss-reactive ketones (excluding diaryl/α,β-unsaturated/α-hetero) is 1. The molecule has 0 unspecified atom stereocenters. The standard InChI is InChI=1S/C17H25NO3/c1-13(9-10-17(18)20)12-21-16-8-4-7-15(11-16)6-3-5-14(2)19/h4,7-8,11,13H,3,5-6,9-10,12H2,1-2H3,(H2,18,20)/t13-/m0/s1. The van der Waals surface area contributed by atoms with Crippen LogP contribution in [0.5, 0.6) is 5.75 Å². The second kappa shape index (κ2) is 9.16. The Balaban J connectivity index is 2.38. The van der Waals surface area contributed by atoms with Crippen LogP contribution in [-0.2, 0) is 16.0 Å². The number of amides is 1. The molecule has 1 aromatic carbocycles. The van der Waals surface area contributed by atoms with E-state index in [9.17, 15) is 9.59 Å². The minimum absolute atomic E-state index is 0.227. The Morgan fingerprint density at radius 3 is 2.71 bits per heavy atom. The Labute approximate surface area is 126 Å². The van der Waals surface area contributed by atoms with Crippen LogP contribution < -0.4 is 10.5 Å². The van der Waals surface area contributed by atoms with Gasteiger partial charge < -0.3 is 15.3 Å². The topological polar surface area (TPSA) is 69.4 Å². The zero-order chi connectivity index (χ0) is 15.7. The number of hydrogen-bond donors (Lipinski definition) is 1. The maximum atomic E-state index is 10.9. The molecule has 0 aliphatic carbocycles. The number of rotatable bonds is 10. The first kappa shape index (κ1) is 17.2. The number of hydrogen-bond acceptors (Lipinski definition) is 3. The summed E-state index contributed by atoms with van der Waals surface area (Å²) in [4.78, 5) is 21.7. The fourth-order valence-electron chi connectivity index (χ4n) is 2.04. The van der Waals surface area contributed by atoms with E-state index < -0.39 is 0 Å². The lowest BCUT2D eigenvalue weighted by atomic mass is 10.1.